The molecular formula is C3H5NO2S. The first-order chi connectivity index (χ1) is 3.43. The van der Waals surface area contributed by atoms with Gasteiger partial charge in [-0.2, -0.15) is 0 Å². The van der Waals surface area contributed by atoms with Gasteiger partial charge in [0.15, 0.2) is 0 Å². The number of nitrogens with zero attached hydrogens (tertiary/aromatic N) is 1. The first kappa shape index (κ1) is 4.93. The minimum Gasteiger partial charge on any atom is -0.410 e. The van der Waals surface area contributed by atoms with Crippen molar-refractivity contribution >= 4 is 16.8 Å². The summed E-state index contributed by atoms with van der Waals surface area (Å²) in [7, 11) is 0. The third-order valence-electron chi connectivity index (χ3n) is 0.646. The molecule has 0 radical (unpaired) electrons. The lowest BCUT2D eigenvalue weighted by Gasteiger charge is -1.79. The van der Waals surface area contributed by atoms with E-state index in [0.29, 0.717) is 17.6 Å². The molecule has 4 heteroatoms. The van der Waals surface area contributed by atoms with E-state index in [-0.39, 0.29) is 0 Å². The summed E-state index contributed by atoms with van der Waals surface area (Å²) in [4.78, 5) is 0. The molecule has 0 aliphatic carbocycles. The highest BCUT2D eigenvalue weighted by molar-refractivity contribution is 8.14. The van der Waals surface area contributed by atoms with Crippen LogP contribution in [-0.2, 0) is 4.74 Å². The Morgan fingerprint density at radius 3 is 3.00 bits per heavy atom. The van der Waals surface area contributed by atoms with Gasteiger partial charge in [0.2, 0.25) is 0 Å². The predicted molar refractivity (Wildman–Crippen MR) is 27.6 cm³/mol. The van der Waals surface area contributed by atoms with Crippen LogP contribution in [0.15, 0.2) is 5.16 Å². The largest absolute Gasteiger partial charge is 0.410 e. The maximum absolute atomic E-state index is 8.05. The fraction of sp³-hybridized carbons (Fsp3) is 0.667. The highest BCUT2D eigenvalue weighted by atomic mass is 32.2. The molecule has 1 saturated heterocycles. The van der Waals surface area contributed by atoms with Crippen molar-refractivity contribution < 1.29 is 9.94 Å². The predicted octanol–water partition coefficient (Wildman–Crippen LogP) is 0.495. The number of oxime groups is 1. The van der Waals surface area contributed by atoms with Gasteiger partial charge in [-0.3, -0.25) is 0 Å². The van der Waals surface area contributed by atoms with Crippen molar-refractivity contribution in [2.45, 2.75) is 0 Å². The fourth-order valence-corrected chi connectivity index (χ4v) is 0.865. The Bertz CT molecular complexity index is 84.9. The highest BCUT2D eigenvalue weighted by Gasteiger charge is 2.07. The van der Waals surface area contributed by atoms with Crippen molar-refractivity contribution in [3.63, 3.8) is 0 Å². The molecular weight excluding hydrogens is 114 g/mol. The summed E-state index contributed by atoms with van der Waals surface area (Å²) < 4.78 is 4.82. The van der Waals surface area contributed by atoms with Gasteiger partial charge in [0.25, 0.3) is 0 Å². The van der Waals surface area contributed by atoms with Gasteiger partial charge in [0, 0.05) is 0 Å². The van der Waals surface area contributed by atoms with Crippen LogP contribution < -0.4 is 0 Å². The zero-order chi connectivity index (χ0) is 5.11. The topological polar surface area (TPSA) is 41.8 Å². The molecule has 0 atom stereocenters. The monoisotopic (exact) mass is 119 g/mol. The highest BCUT2D eigenvalue weighted by Crippen LogP contribution is 2.11. The Morgan fingerprint density at radius 1 is 1.86 bits per heavy atom. The van der Waals surface area contributed by atoms with Crippen LogP contribution in [0.1, 0.15) is 0 Å². The van der Waals surface area contributed by atoms with Crippen LogP contribution in [0, 0.1) is 0 Å². The average molecular weight is 119 g/mol. The number of hydrogen-bond acceptors (Lipinski definition) is 4. The molecule has 3 nitrogen and oxygen atoms in total. The number of rotatable bonds is 0. The molecule has 40 valence electrons. The van der Waals surface area contributed by atoms with Crippen LogP contribution in [-0.4, -0.2) is 22.8 Å². The zero-order valence-corrected chi connectivity index (χ0v) is 4.44. The lowest BCUT2D eigenvalue weighted by molar-refractivity contribution is 0.233. The fourth-order valence-electron chi connectivity index (χ4n) is 0.338. The van der Waals surface area contributed by atoms with E-state index >= 15 is 0 Å². The van der Waals surface area contributed by atoms with Crippen LogP contribution in [0.4, 0.5) is 0 Å². The zero-order valence-electron chi connectivity index (χ0n) is 3.63. The summed E-state index contributed by atoms with van der Waals surface area (Å²) in [6, 6.07) is 0. The molecule has 7 heavy (non-hydrogen) atoms. The van der Waals surface area contributed by atoms with Crippen molar-refractivity contribution in [1.29, 1.82) is 0 Å². The first-order valence-corrected chi connectivity index (χ1v) is 2.83. The van der Waals surface area contributed by atoms with Crippen LogP contribution in [0.2, 0.25) is 0 Å². The Labute approximate surface area is 45.3 Å². The molecule has 1 rings (SSSR count). The van der Waals surface area contributed by atoms with Gasteiger partial charge in [-0.05, 0) is 0 Å². The molecule has 0 aromatic rings. The van der Waals surface area contributed by atoms with Gasteiger partial charge in [0.05, 0.1) is 12.5 Å². The van der Waals surface area contributed by atoms with Crippen molar-refractivity contribution in [1.82, 2.24) is 0 Å². The summed E-state index contributed by atoms with van der Waals surface area (Å²) >= 11 is 1.42. The van der Waals surface area contributed by atoms with Crippen LogP contribution >= 0.6 is 11.8 Å². The second kappa shape index (κ2) is 2.18. The molecule has 0 spiro atoms. The molecule has 0 saturated carbocycles. The van der Waals surface area contributed by atoms with Gasteiger partial charge < -0.3 is 9.94 Å². The normalized spacial score (nSPS) is 26.6. The van der Waals surface area contributed by atoms with Crippen molar-refractivity contribution in [2.75, 3.05) is 12.5 Å². The number of thioether (sulfide) groups is 1. The Kier molecular flexibility index (Phi) is 1.54. The maximum atomic E-state index is 8.05. The van der Waals surface area contributed by atoms with E-state index in [4.69, 9.17) is 9.94 Å². The van der Waals surface area contributed by atoms with Gasteiger partial charge in [-0.15, -0.1) is 0 Å². The van der Waals surface area contributed by atoms with E-state index in [9.17, 15) is 0 Å². The van der Waals surface area contributed by atoms with Crippen LogP contribution in [0.3, 0.4) is 0 Å². The van der Waals surface area contributed by atoms with Crippen LogP contribution in [0.25, 0.3) is 0 Å². The van der Waals surface area contributed by atoms with E-state index < -0.39 is 0 Å². The van der Waals surface area contributed by atoms with Crippen molar-refractivity contribution in [3.05, 3.63) is 0 Å². The maximum Gasteiger partial charge on any atom is 0.140 e. The molecule has 1 aliphatic rings. The summed E-state index contributed by atoms with van der Waals surface area (Å²) in [6.07, 6.45) is 0. The Balaban J connectivity index is 2.41. The molecule has 1 N–H and O–H groups in total. The molecule has 0 aromatic heterocycles. The average Bonchev–Trinajstić information content (AvgIpc) is 2.14. The van der Waals surface area contributed by atoms with Crippen LogP contribution in [0.5, 0.6) is 0 Å². The summed E-state index contributed by atoms with van der Waals surface area (Å²) in [5.74, 6) is 0.624. The van der Waals surface area contributed by atoms with Gasteiger partial charge in [0.1, 0.15) is 5.04 Å². The van der Waals surface area contributed by atoms with Gasteiger partial charge in [-0.1, -0.05) is 16.9 Å². The minimum absolute atomic E-state index is 0.473. The van der Waals surface area contributed by atoms with E-state index in [0.717, 1.165) is 0 Å². The summed E-state index contributed by atoms with van der Waals surface area (Å²) in [5, 5.41) is 11.7. The molecule has 1 heterocycles. The minimum atomic E-state index is 0.473. The lowest BCUT2D eigenvalue weighted by atomic mass is 10.8. The second-order valence-electron chi connectivity index (χ2n) is 1.10. The van der Waals surface area contributed by atoms with Gasteiger partial charge in [-0.25, -0.2) is 0 Å². The molecule has 0 bridgehead atoms. The molecule has 0 amide bonds. The number of ether oxygens (including phenoxy) is 1. The quantitative estimate of drug-likeness (QED) is 0.373. The van der Waals surface area contributed by atoms with Crippen molar-refractivity contribution in [3.8, 4) is 0 Å². The molecule has 0 aromatic carbocycles. The van der Waals surface area contributed by atoms with E-state index in [1.165, 1.54) is 11.8 Å². The van der Waals surface area contributed by atoms with Crippen molar-refractivity contribution in [2.24, 2.45) is 5.16 Å². The molecule has 0 unspecified atom stereocenters. The molecule has 1 fully saturated rings. The van der Waals surface area contributed by atoms with E-state index in [1.807, 2.05) is 0 Å². The third kappa shape index (κ3) is 1.07. The standard InChI is InChI=1S/C3H5NO2S/c5-4-3-1-6-2-7-3/h5H,1-2H2. The van der Waals surface area contributed by atoms with E-state index in [1.54, 1.807) is 0 Å². The first-order valence-electron chi connectivity index (χ1n) is 1.85. The molecule has 1 aliphatic heterocycles. The summed E-state index contributed by atoms with van der Waals surface area (Å²) in [5.41, 5.74) is 0. The third-order valence-corrected chi connectivity index (χ3v) is 1.46. The SMILES string of the molecule is ON=C1COCS1. The number of hydrogen-bond donors (Lipinski definition) is 1. The van der Waals surface area contributed by atoms with Gasteiger partial charge >= 0.3 is 0 Å². The van der Waals surface area contributed by atoms with E-state index in [2.05, 4.69) is 5.16 Å². The lowest BCUT2D eigenvalue weighted by Crippen LogP contribution is -1.90. The Hall–Kier alpha value is -0.220. The summed E-state index contributed by atoms with van der Waals surface area (Å²) in [6.45, 7) is 0.473. The smallest absolute Gasteiger partial charge is 0.140 e. The second-order valence-corrected chi connectivity index (χ2v) is 2.10. The Morgan fingerprint density at radius 2 is 2.71 bits per heavy atom.